The van der Waals surface area contributed by atoms with Crippen LogP contribution in [0.15, 0.2) is 67.7 Å². The highest BCUT2D eigenvalue weighted by Crippen LogP contribution is 2.28. The zero-order valence-electron chi connectivity index (χ0n) is 15.6. The van der Waals surface area contributed by atoms with E-state index < -0.39 is 5.63 Å². The number of nitrogens with one attached hydrogen (secondary N) is 1. The summed E-state index contributed by atoms with van der Waals surface area (Å²) in [4.78, 5) is 16.9. The van der Waals surface area contributed by atoms with Crippen LogP contribution in [0.1, 0.15) is 10.6 Å². The summed E-state index contributed by atoms with van der Waals surface area (Å²) in [6.45, 7) is 1.92. The van der Waals surface area contributed by atoms with E-state index in [-0.39, 0.29) is 0 Å². The van der Waals surface area contributed by atoms with Crippen LogP contribution in [0.25, 0.3) is 27.8 Å². The molecule has 0 aliphatic carbocycles. The molecule has 4 aromatic rings. The van der Waals surface area contributed by atoms with Crippen LogP contribution in [0, 0.1) is 18.3 Å². The Kier molecular flexibility index (Phi) is 5.73. The molecule has 0 amide bonds. The summed E-state index contributed by atoms with van der Waals surface area (Å²) in [5, 5.41) is 16.3. The van der Waals surface area contributed by atoms with Crippen LogP contribution in [0.3, 0.4) is 0 Å². The molecular formula is C22H13BrClN3O2S. The van der Waals surface area contributed by atoms with Crippen molar-refractivity contribution in [1.29, 1.82) is 5.26 Å². The first-order valence-corrected chi connectivity index (χ1v) is 10.8. The lowest BCUT2D eigenvalue weighted by molar-refractivity contribution is 0.563. The molecule has 2 heterocycles. The molecule has 0 atom stereocenters. The summed E-state index contributed by atoms with van der Waals surface area (Å²) >= 11 is 10.8. The number of hydrogen-bond donors (Lipinski definition) is 1. The van der Waals surface area contributed by atoms with Gasteiger partial charge in [0, 0.05) is 32.1 Å². The van der Waals surface area contributed by atoms with E-state index in [1.807, 2.05) is 31.2 Å². The quantitative estimate of drug-likeness (QED) is 0.253. The van der Waals surface area contributed by atoms with Crippen LogP contribution in [-0.2, 0) is 0 Å². The molecule has 1 N–H and O–H groups in total. The fourth-order valence-corrected chi connectivity index (χ4v) is 4.12. The maximum absolute atomic E-state index is 12.4. The molecular weight excluding hydrogens is 486 g/mol. The summed E-state index contributed by atoms with van der Waals surface area (Å²) in [5.74, 6) is 0. The third kappa shape index (κ3) is 4.17. The maximum atomic E-state index is 12.4. The zero-order valence-corrected chi connectivity index (χ0v) is 18.7. The summed E-state index contributed by atoms with van der Waals surface area (Å²) in [7, 11) is 0. The Bertz CT molecular complexity index is 1400. The summed E-state index contributed by atoms with van der Waals surface area (Å²) in [5.41, 5.74) is 2.91. The van der Waals surface area contributed by atoms with Gasteiger partial charge in [0.15, 0.2) is 0 Å². The first kappa shape index (κ1) is 20.4. The Morgan fingerprint density at radius 3 is 2.90 bits per heavy atom. The minimum atomic E-state index is -0.475. The normalized spacial score (nSPS) is 11.5. The molecule has 2 aromatic heterocycles. The number of aryl methyl sites for hydroxylation is 1. The molecule has 0 fully saturated rings. The van der Waals surface area contributed by atoms with Crippen molar-refractivity contribution in [2.75, 3.05) is 5.32 Å². The number of hydrogen-bond acceptors (Lipinski definition) is 6. The maximum Gasteiger partial charge on any atom is 0.345 e. The Labute approximate surface area is 189 Å². The van der Waals surface area contributed by atoms with Crippen molar-refractivity contribution in [2.45, 2.75) is 6.92 Å². The number of nitriles is 1. The van der Waals surface area contributed by atoms with Crippen molar-refractivity contribution in [3.63, 3.8) is 0 Å². The van der Waals surface area contributed by atoms with Gasteiger partial charge in [-0.2, -0.15) is 5.26 Å². The van der Waals surface area contributed by atoms with Crippen LogP contribution >= 0.6 is 38.9 Å². The van der Waals surface area contributed by atoms with Gasteiger partial charge in [0.25, 0.3) is 0 Å². The van der Waals surface area contributed by atoms with Crippen LogP contribution in [0.2, 0.25) is 5.02 Å². The van der Waals surface area contributed by atoms with Gasteiger partial charge in [-0.25, -0.2) is 9.78 Å². The number of aromatic nitrogens is 1. The molecule has 0 bridgehead atoms. The third-order valence-corrected chi connectivity index (χ3v) is 6.16. The molecule has 4 rings (SSSR count). The Morgan fingerprint density at radius 2 is 2.13 bits per heavy atom. The molecule has 0 saturated carbocycles. The van der Waals surface area contributed by atoms with Gasteiger partial charge >= 0.3 is 5.63 Å². The van der Waals surface area contributed by atoms with Crippen LogP contribution in [0.4, 0.5) is 5.69 Å². The molecule has 30 heavy (non-hydrogen) atoms. The van der Waals surface area contributed by atoms with E-state index in [0.717, 1.165) is 21.1 Å². The summed E-state index contributed by atoms with van der Waals surface area (Å²) < 4.78 is 6.29. The summed E-state index contributed by atoms with van der Waals surface area (Å²) in [6, 6.07) is 14.8. The lowest BCUT2D eigenvalue weighted by atomic mass is 10.1. The molecule has 0 saturated heterocycles. The number of halogens is 2. The number of fused-ring (bicyclic) bond motifs is 1. The minimum absolute atomic E-state index is 0.343. The first-order valence-electron chi connectivity index (χ1n) is 8.77. The second-order valence-corrected chi connectivity index (χ2v) is 8.63. The average Bonchev–Trinajstić information content (AvgIpc) is 3.20. The standard InChI is InChI=1S/C22H13BrClN3O2S/c1-12-2-4-16(8-18(12)24)26-10-14(9-25)21-27-19(11-30-21)17-7-13-6-15(23)3-5-20(13)29-22(17)28/h2-8,10-11,26H,1H3/b14-10-. The Balaban J connectivity index is 1.66. The molecule has 5 nitrogen and oxygen atoms in total. The topological polar surface area (TPSA) is 78.9 Å². The molecule has 0 aliphatic rings. The minimum Gasteiger partial charge on any atom is -0.422 e. The first-order chi connectivity index (χ1) is 14.4. The van der Waals surface area contributed by atoms with E-state index >= 15 is 0 Å². The monoisotopic (exact) mass is 497 g/mol. The second kappa shape index (κ2) is 8.44. The van der Waals surface area contributed by atoms with E-state index in [0.29, 0.717) is 32.4 Å². The SMILES string of the molecule is Cc1ccc(N/C=C(/C#N)c2nc(-c3cc4cc(Br)ccc4oc3=O)cs2)cc1Cl. The highest BCUT2D eigenvalue weighted by Gasteiger charge is 2.14. The van der Waals surface area contributed by atoms with Crippen LogP contribution in [-0.4, -0.2) is 4.98 Å². The predicted molar refractivity (Wildman–Crippen MR) is 125 cm³/mol. The third-order valence-electron chi connectivity index (χ3n) is 4.38. The van der Waals surface area contributed by atoms with Gasteiger partial charge in [0.05, 0.1) is 11.3 Å². The number of benzene rings is 2. The lowest BCUT2D eigenvalue weighted by Crippen LogP contribution is -2.03. The van der Waals surface area contributed by atoms with Gasteiger partial charge in [-0.3, -0.25) is 0 Å². The predicted octanol–water partition coefficient (Wildman–Crippen LogP) is 6.62. The Morgan fingerprint density at radius 1 is 1.30 bits per heavy atom. The number of rotatable bonds is 4. The largest absolute Gasteiger partial charge is 0.422 e. The molecule has 2 aromatic carbocycles. The van der Waals surface area contributed by atoms with E-state index in [1.165, 1.54) is 11.3 Å². The number of thiazole rings is 1. The molecule has 0 spiro atoms. The van der Waals surface area contributed by atoms with Gasteiger partial charge in [-0.05, 0) is 48.9 Å². The van der Waals surface area contributed by atoms with Crippen molar-refractivity contribution in [2.24, 2.45) is 0 Å². The fourth-order valence-electron chi connectivity index (χ4n) is 2.77. The van der Waals surface area contributed by atoms with Crippen molar-refractivity contribution in [3.05, 3.63) is 84.5 Å². The number of anilines is 1. The number of allylic oxidation sites excluding steroid dienone is 1. The van der Waals surface area contributed by atoms with Gasteiger partial charge in [-0.15, -0.1) is 11.3 Å². The van der Waals surface area contributed by atoms with Crippen molar-refractivity contribution in [3.8, 4) is 17.3 Å². The van der Waals surface area contributed by atoms with Crippen molar-refractivity contribution < 1.29 is 4.42 Å². The van der Waals surface area contributed by atoms with E-state index in [1.54, 1.807) is 29.8 Å². The molecule has 148 valence electrons. The molecule has 0 radical (unpaired) electrons. The average molecular weight is 499 g/mol. The lowest BCUT2D eigenvalue weighted by Gasteiger charge is -2.04. The Hall–Kier alpha value is -2.92. The smallest absolute Gasteiger partial charge is 0.345 e. The molecule has 0 unspecified atom stereocenters. The zero-order chi connectivity index (χ0) is 21.3. The van der Waals surface area contributed by atoms with E-state index in [9.17, 15) is 10.1 Å². The van der Waals surface area contributed by atoms with E-state index in [2.05, 4.69) is 32.3 Å². The fraction of sp³-hybridized carbons (Fsp3) is 0.0455. The summed E-state index contributed by atoms with van der Waals surface area (Å²) in [6.07, 6.45) is 1.57. The number of nitrogens with zero attached hydrogens (tertiary/aromatic N) is 2. The second-order valence-electron chi connectivity index (χ2n) is 6.45. The van der Waals surface area contributed by atoms with Gasteiger partial charge < -0.3 is 9.73 Å². The van der Waals surface area contributed by atoms with Crippen molar-refractivity contribution in [1.82, 2.24) is 4.98 Å². The van der Waals surface area contributed by atoms with Crippen molar-refractivity contribution >= 4 is 61.1 Å². The van der Waals surface area contributed by atoms with E-state index in [4.69, 9.17) is 16.0 Å². The van der Waals surface area contributed by atoms with Gasteiger partial charge in [0.2, 0.25) is 0 Å². The molecule has 8 heteroatoms. The highest BCUT2D eigenvalue weighted by atomic mass is 79.9. The highest BCUT2D eigenvalue weighted by molar-refractivity contribution is 9.10. The van der Waals surface area contributed by atoms with Crippen LogP contribution < -0.4 is 10.9 Å². The molecule has 0 aliphatic heterocycles. The van der Waals surface area contributed by atoms with Gasteiger partial charge in [-0.1, -0.05) is 33.6 Å². The van der Waals surface area contributed by atoms with Crippen LogP contribution in [0.5, 0.6) is 0 Å². The van der Waals surface area contributed by atoms with Gasteiger partial charge in [0.1, 0.15) is 22.2 Å².